The van der Waals surface area contributed by atoms with E-state index in [1.54, 1.807) is 6.07 Å². The van der Waals surface area contributed by atoms with Crippen molar-refractivity contribution in [2.45, 2.75) is 19.4 Å². The number of nitrogens with one attached hydrogen (secondary N) is 1. The summed E-state index contributed by atoms with van der Waals surface area (Å²) in [6, 6.07) is 5.68. The first-order valence-corrected chi connectivity index (χ1v) is 6.19. The van der Waals surface area contributed by atoms with Gasteiger partial charge in [0, 0.05) is 30.2 Å². The van der Waals surface area contributed by atoms with Crippen molar-refractivity contribution < 1.29 is 0 Å². The molecule has 1 aromatic carbocycles. The highest BCUT2D eigenvalue weighted by Gasteiger charge is 2.26. The van der Waals surface area contributed by atoms with Gasteiger partial charge in [0.2, 0.25) is 0 Å². The number of rotatable bonds is 1. The van der Waals surface area contributed by atoms with E-state index in [2.05, 4.69) is 24.1 Å². The number of nitrogens with zero attached hydrogens (tertiary/aromatic N) is 1. The molecule has 0 unspecified atom stereocenters. The lowest BCUT2D eigenvalue weighted by molar-refractivity contribution is 0.353. The third kappa shape index (κ3) is 2.62. The highest BCUT2D eigenvalue weighted by Crippen LogP contribution is 2.30. The second-order valence-electron chi connectivity index (χ2n) is 4.83. The van der Waals surface area contributed by atoms with E-state index in [0.29, 0.717) is 5.02 Å². The van der Waals surface area contributed by atoms with Gasteiger partial charge in [-0.1, -0.05) is 23.2 Å². The SMILES string of the molecule is CC1(C)CN(c2ccc(Cl)cc2Cl)CCN1. The number of hydrogen-bond donors (Lipinski definition) is 1. The molecule has 88 valence electrons. The molecule has 1 N–H and O–H groups in total. The topological polar surface area (TPSA) is 15.3 Å². The maximum absolute atomic E-state index is 6.21. The summed E-state index contributed by atoms with van der Waals surface area (Å²) < 4.78 is 0. The molecule has 0 aliphatic carbocycles. The Morgan fingerprint density at radius 2 is 2.06 bits per heavy atom. The Balaban J connectivity index is 2.23. The molecule has 0 amide bonds. The lowest BCUT2D eigenvalue weighted by atomic mass is 10.0. The van der Waals surface area contributed by atoms with Crippen LogP contribution in [0.4, 0.5) is 5.69 Å². The van der Waals surface area contributed by atoms with Crippen LogP contribution in [0.1, 0.15) is 13.8 Å². The van der Waals surface area contributed by atoms with Crippen LogP contribution in [-0.4, -0.2) is 25.2 Å². The van der Waals surface area contributed by atoms with E-state index in [9.17, 15) is 0 Å². The fourth-order valence-electron chi connectivity index (χ4n) is 2.08. The molecule has 1 heterocycles. The van der Waals surface area contributed by atoms with E-state index >= 15 is 0 Å². The summed E-state index contributed by atoms with van der Waals surface area (Å²) in [5.74, 6) is 0. The monoisotopic (exact) mass is 258 g/mol. The van der Waals surface area contributed by atoms with E-state index in [1.807, 2.05) is 12.1 Å². The highest BCUT2D eigenvalue weighted by molar-refractivity contribution is 6.36. The fourth-order valence-corrected chi connectivity index (χ4v) is 2.61. The van der Waals surface area contributed by atoms with Crippen LogP contribution in [0.25, 0.3) is 0 Å². The van der Waals surface area contributed by atoms with Crippen molar-refractivity contribution in [1.82, 2.24) is 5.32 Å². The Hall–Kier alpha value is -0.440. The Kier molecular flexibility index (Phi) is 3.34. The summed E-state index contributed by atoms with van der Waals surface area (Å²) >= 11 is 12.1. The highest BCUT2D eigenvalue weighted by atomic mass is 35.5. The van der Waals surface area contributed by atoms with E-state index in [0.717, 1.165) is 30.3 Å². The quantitative estimate of drug-likeness (QED) is 0.833. The number of hydrogen-bond acceptors (Lipinski definition) is 2. The number of halogens is 2. The van der Waals surface area contributed by atoms with Gasteiger partial charge in [0.1, 0.15) is 0 Å². The van der Waals surface area contributed by atoms with Crippen molar-refractivity contribution in [3.05, 3.63) is 28.2 Å². The normalized spacial score (nSPS) is 19.9. The van der Waals surface area contributed by atoms with Crippen LogP contribution < -0.4 is 10.2 Å². The zero-order valence-corrected chi connectivity index (χ0v) is 11.1. The predicted octanol–water partition coefficient (Wildman–Crippen LogP) is 3.18. The van der Waals surface area contributed by atoms with Crippen LogP contribution in [0.15, 0.2) is 18.2 Å². The molecule has 0 atom stereocenters. The molecule has 0 saturated carbocycles. The third-order valence-electron chi connectivity index (χ3n) is 2.82. The molecule has 2 rings (SSSR count). The predicted molar refractivity (Wildman–Crippen MR) is 70.8 cm³/mol. The van der Waals surface area contributed by atoms with E-state index in [1.165, 1.54) is 0 Å². The van der Waals surface area contributed by atoms with Gasteiger partial charge in [-0.2, -0.15) is 0 Å². The number of anilines is 1. The largest absolute Gasteiger partial charge is 0.367 e. The van der Waals surface area contributed by atoms with Crippen molar-refractivity contribution in [1.29, 1.82) is 0 Å². The second kappa shape index (κ2) is 4.44. The lowest BCUT2D eigenvalue weighted by Crippen LogP contribution is -2.57. The summed E-state index contributed by atoms with van der Waals surface area (Å²) in [4.78, 5) is 2.30. The van der Waals surface area contributed by atoms with Crippen molar-refractivity contribution in [2.24, 2.45) is 0 Å². The Bertz CT molecular complexity index is 391. The summed E-state index contributed by atoms with van der Waals surface area (Å²) in [5.41, 5.74) is 1.20. The molecular weight excluding hydrogens is 243 g/mol. The zero-order chi connectivity index (χ0) is 11.8. The van der Waals surface area contributed by atoms with Gasteiger partial charge in [-0.15, -0.1) is 0 Å². The first-order valence-electron chi connectivity index (χ1n) is 5.43. The van der Waals surface area contributed by atoms with E-state index < -0.39 is 0 Å². The Morgan fingerprint density at radius 1 is 1.31 bits per heavy atom. The van der Waals surface area contributed by atoms with Crippen LogP contribution >= 0.6 is 23.2 Å². The number of benzene rings is 1. The summed E-state index contributed by atoms with van der Waals surface area (Å²) in [5, 5.41) is 4.89. The number of piperazine rings is 1. The van der Waals surface area contributed by atoms with Crippen LogP contribution in [-0.2, 0) is 0 Å². The summed E-state index contributed by atoms with van der Waals surface area (Å²) in [6.45, 7) is 7.30. The lowest BCUT2D eigenvalue weighted by Gasteiger charge is -2.40. The van der Waals surface area contributed by atoms with Gasteiger partial charge >= 0.3 is 0 Å². The standard InChI is InChI=1S/C12H16Cl2N2/c1-12(2)8-16(6-5-15-12)11-4-3-9(13)7-10(11)14/h3-4,7,15H,5-6,8H2,1-2H3. The van der Waals surface area contributed by atoms with E-state index in [4.69, 9.17) is 23.2 Å². The summed E-state index contributed by atoms with van der Waals surface area (Å²) in [6.07, 6.45) is 0. The molecule has 0 bridgehead atoms. The van der Waals surface area contributed by atoms with Gasteiger partial charge in [-0.05, 0) is 32.0 Å². The maximum atomic E-state index is 6.21. The van der Waals surface area contributed by atoms with Crippen LogP contribution in [0.5, 0.6) is 0 Å². The first-order chi connectivity index (χ1) is 7.48. The Labute approximate surface area is 107 Å². The molecule has 4 heteroatoms. The molecule has 16 heavy (non-hydrogen) atoms. The molecule has 1 aliphatic heterocycles. The minimum Gasteiger partial charge on any atom is -0.367 e. The van der Waals surface area contributed by atoms with Gasteiger partial charge in [0.15, 0.2) is 0 Å². The second-order valence-corrected chi connectivity index (χ2v) is 5.67. The van der Waals surface area contributed by atoms with Gasteiger partial charge in [0.05, 0.1) is 10.7 Å². The van der Waals surface area contributed by atoms with Gasteiger partial charge in [-0.25, -0.2) is 0 Å². The van der Waals surface area contributed by atoms with Crippen molar-refractivity contribution in [2.75, 3.05) is 24.5 Å². The Morgan fingerprint density at radius 3 is 2.69 bits per heavy atom. The average Bonchev–Trinajstić information content (AvgIpc) is 2.15. The molecule has 1 aliphatic rings. The first kappa shape index (κ1) is 12.0. The average molecular weight is 259 g/mol. The molecule has 1 aromatic rings. The minimum absolute atomic E-state index is 0.126. The fraction of sp³-hybridized carbons (Fsp3) is 0.500. The third-order valence-corrected chi connectivity index (χ3v) is 3.36. The molecule has 1 saturated heterocycles. The van der Waals surface area contributed by atoms with Gasteiger partial charge < -0.3 is 10.2 Å². The van der Waals surface area contributed by atoms with Crippen LogP contribution in [0.3, 0.4) is 0 Å². The van der Waals surface area contributed by atoms with Gasteiger partial charge in [-0.3, -0.25) is 0 Å². The molecule has 0 spiro atoms. The maximum Gasteiger partial charge on any atom is 0.0654 e. The van der Waals surface area contributed by atoms with Crippen molar-refractivity contribution in [3.8, 4) is 0 Å². The molecular formula is C12H16Cl2N2. The van der Waals surface area contributed by atoms with Crippen LogP contribution in [0, 0.1) is 0 Å². The molecule has 0 aromatic heterocycles. The molecule has 1 fully saturated rings. The van der Waals surface area contributed by atoms with Crippen LogP contribution in [0.2, 0.25) is 10.0 Å². The van der Waals surface area contributed by atoms with Gasteiger partial charge in [0.25, 0.3) is 0 Å². The molecule has 2 nitrogen and oxygen atoms in total. The van der Waals surface area contributed by atoms with Crippen molar-refractivity contribution in [3.63, 3.8) is 0 Å². The molecule has 0 radical (unpaired) electrons. The van der Waals surface area contributed by atoms with E-state index in [-0.39, 0.29) is 5.54 Å². The smallest absolute Gasteiger partial charge is 0.0654 e. The van der Waals surface area contributed by atoms with Crippen molar-refractivity contribution >= 4 is 28.9 Å². The minimum atomic E-state index is 0.126. The summed E-state index contributed by atoms with van der Waals surface area (Å²) in [7, 11) is 0. The zero-order valence-electron chi connectivity index (χ0n) is 9.56.